The molecule has 1 amide bonds. The predicted molar refractivity (Wildman–Crippen MR) is 105 cm³/mol. The van der Waals surface area contributed by atoms with Crippen LogP contribution in [0.15, 0.2) is 83.4 Å². The third-order valence-corrected chi connectivity index (χ3v) is 4.08. The van der Waals surface area contributed by atoms with E-state index in [2.05, 4.69) is 16.0 Å². The van der Waals surface area contributed by atoms with Gasteiger partial charge in [-0.2, -0.15) is 5.10 Å². The topological polar surface area (TPSA) is 115 Å². The lowest BCUT2D eigenvalue weighted by Crippen LogP contribution is -2.29. The van der Waals surface area contributed by atoms with Crippen LogP contribution >= 0.6 is 0 Å². The number of amides is 1. The van der Waals surface area contributed by atoms with E-state index < -0.39 is 16.7 Å². The number of carbonyl (C=O) groups is 1. The van der Waals surface area contributed by atoms with Crippen molar-refractivity contribution in [2.75, 3.05) is 5.43 Å². The molecular formula is C20H15N5O4. The maximum absolute atomic E-state index is 12.8. The minimum Gasteiger partial charge on any atom is -0.399 e. The number of hydrogen-bond donors (Lipinski definition) is 2. The summed E-state index contributed by atoms with van der Waals surface area (Å²) in [5, 5.41) is 15.4. The summed E-state index contributed by atoms with van der Waals surface area (Å²) in [5.41, 5.74) is 7.23. The van der Waals surface area contributed by atoms with E-state index in [0.29, 0.717) is 5.69 Å². The lowest BCUT2D eigenvalue weighted by Gasteiger charge is -2.07. The number of para-hydroxylation sites is 2. The average molecular weight is 389 g/mol. The second kappa shape index (κ2) is 7.69. The van der Waals surface area contributed by atoms with E-state index in [1.807, 2.05) is 48.5 Å². The van der Waals surface area contributed by atoms with E-state index in [-0.39, 0.29) is 17.0 Å². The number of carbonyl (C=O) groups excluding carboxylic acids is 1. The van der Waals surface area contributed by atoms with Crippen molar-refractivity contribution < 1.29 is 14.1 Å². The molecule has 0 aliphatic carbocycles. The third kappa shape index (κ3) is 3.83. The van der Waals surface area contributed by atoms with Crippen LogP contribution in [0.2, 0.25) is 0 Å². The molecule has 144 valence electrons. The number of nitrogens with zero attached hydrogens (tertiary/aromatic N) is 3. The molecule has 29 heavy (non-hydrogen) atoms. The number of furan rings is 1. The van der Waals surface area contributed by atoms with Gasteiger partial charge in [-0.15, -0.1) is 0 Å². The summed E-state index contributed by atoms with van der Waals surface area (Å²) in [6, 6.07) is 20.9. The Morgan fingerprint density at radius 2 is 1.69 bits per heavy atom. The Hall–Kier alpha value is -4.40. The summed E-state index contributed by atoms with van der Waals surface area (Å²) in [7, 11) is 0. The first kappa shape index (κ1) is 18.0. The van der Waals surface area contributed by atoms with Crippen LogP contribution in [-0.4, -0.2) is 20.6 Å². The maximum atomic E-state index is 12.8. The third-order valence-electron chi connectivity index (χ3n) is 4.08. The summed E-state index contributed by atoms with van der Waals surface area (Å²) >= 11 is 0. The number of anilines is 1. The molecule has 2 aromatic heterocycles. The van der Waals surface area contributed by atoms with E-state index in [4.69, 9.17) is 4.42 Å². The fraction of sp³-hybridized carbons (Fsp3) is 0. The molecule has 2 heterocycles. The number of aromatic nitrogens is 2. The molecule has 9 nitrogen and oxygen atoms in total. The van der Waals surface area contributed by atoms with Crippen molar-refractivity contribution >= 4 is 17.5 Å². The van der Waals surface area contributed by atoms with Gasteiger partial charge in [0.2, 0.25) is 0 Å². The minimum atomic E-state index is -0.644. The Balaban J connectivity index is 1.69. The molecule has 2 N–H and O–H groups in total. The monoisotopic (exact) mass is 389 g/mol. The Morgan fingerprint density at radius 3 is 2.34 bits per heavy atom. The van der Waals surface area contributed by atoms with Crippen LogP contribution in [0.5, 0.6) is 0 Å². The zero-order valence-electron chi connectivity index (χ0n) is 15.0. The van der Waals surface area contributed by atoms with E-state index >= 15 is 0 Å². The quantitative estimate of drug-likeness (QED) is 0.383. The van der Waals surface area contributed by atoms with Gasteiger partial charge in [0.1, 0.15) is 10.6 Å². The van der Waals surface area contributed by atoms with E-state index in [1.54, 1.807) is 18.3 Å². The number of nitrogens with one attached hydrogen (secondary N) is 2. The molecule has 0 spiro atoms. The van der Waals surface area contributed by atoms with Crippen molar-refractivity contribution in [2.24, 2.45) is 0 Å². The molecule has 0 bridgehead atoms. The molecule has 4 rings (SSSR count). The van der Waals surface area contributed by atoms with Gasteiger partial charge in [-0.05, 0) is 30.3 Å². The standard InChI is InChI=1S/C20H15N5O4/c26-20(22-21-14-7-3-1-4-8-14)16-13-24(15-9-5-2-6-10-15)23-19(16)17-11-12-18(29-17)25(27)28/h1-13,21H,(H,22,26). The Morgan fingerprint density at radius 1 is 1.00 bits per heavy atom. The Kier molecular flexibility index (Phi) is 4.77. The highest BCUT2D eigenvalue weighted by atomic mass is 16.6. The fourth-order valence-corrected chi connectivity index (χ4v) is 2.71. The van der Waals surface area contributed by atoms with Crippen molar-refractivity contribution in [3.05, 3.63) is 94.7 Å². The van der Waals surface area contributed by atoms with Crippen LogP contribution in [0.1, 0.15) is 10.4 Å². The van der Waals surface area contributed by atoms with Crippen molar-refractivity contribution in [1.82, 2.24) is 15.2 Å². The van der Waals surface area contributed by atoms with Crippen LogP contribution in [0, 0.1) is 10.1 Å². The first-order valence-electron chi connectivity index (χ1n) is 8.63. The van der Waals surface area contributed by atoms with Gasteiger partial charge in [0.25, 0.3) is 5.91 Å². The highest BCUT2D eigenvalue weighted by molar-refractivity contribution is 6.00. The van der Waals surface area contributed by atoms with E-state index in [9.17, 15) is 14.9 Å². The van der Waals surface area contributed by atoms with Crippen LogP contribution in [-0.2, 0) is 0 Å². The van der Waals surface area contributed by atoms with Crippen molar-refractivity contribution in [2.45, 2.75) is 0 Å². The molecule has 0 radical (unpaired) electrons. The predicted octanol–water partition coefficient (Wildman–Crippen LogP) is 3.80. The summed E-state index contributed by atoms with van der Waals surface area (Å²) in [6.07, 6.45) is 1.54. The molecule has 0 saturated carbocycles. The van der Waals surface area contributed by atoms with E-state index in [0.717, 1.165) is 5.69 Å². The van der Waals surface area contributed by atoms with Gasteiger partial charge in [-0.3, -0.25) is 25.8 Å². The second-order valence-corrected chi connectivity index (χ2v) is 6.01. The number of rotatable bonds is 6. The summed E-state index contributed by atoms with van der Waals surface area (Å²) < 4.78 is 6.77. The Labute approximate surface area is 164 Å². The van der Waals surface area contributed by atoms with E-state index in [1.165, 1.54) is 16.8 Å². The van der Waals surface area contributed by atoms with Gasteiger partial charge in [0.05, 0.1) is 23.0 Å². The van der Waals surface area contributed by atoms with Crippen molar-refractivity contribution in [3.63, 3.8) is 0 Å². The van der Waals surface area contributed by atoms with Crippen LogP contribution in [0.4, 0.5) is 11.6 Å². The first-order valence-corrected chi connectivity index (χ1v) is 8.63. The second-order valence-electron chi connectivity index (χ2n) is 6.01. The van der Waals surface area contributed by atoms with Gasteiger partial charge in [0, 0.05) is 6.20 Å². The number of benzene rings is 2. The highest BCUT2D eigenvalue weighted by Gasteiger charge is 2.23. The fourth-order valence-electron chi connectivity index (χ4n) is 2.71. The molecule has 0 unspecified atom stereocenters. The molecule has 0 saturated heterocycles. The Bertz CT molecular complexity index is 1150. The highest BCUT2D eigenvalue weighted by Crippen LogP contribution is 2.28. The normalized spacial score (nSPS) is 10.5. The lowest BCUT2D eigenvalue weighted by atomic mass is 10.2. The smallest absolute Gasteiger partial charge is 0.399 e. The molecule has 2 aromatic carbocycles. The molecule has 9 heteroatoms. The molecule has 0 aliphatic heterocycles. The molecule has 0 aliphatic rings. The average Bonchev–Trinajstić information content (AvgIpc) is 3.41. The van der Waals surface area contributed by atoms with Crippen molar-refractivity contribution in [1.29, 1.82) is 0 Å². The van der Waals surface area contributed by atoms with Crippen LogP contribution < -0.4 is 10.9 Å². The van der Waals surface area contributed by atoms with Gasteiger partial charge < -0.3 is 4.42 Å². The largest absolute Gasteiger partial charge is 0.433 e. The van der Waals surface area contributed by atoms with Gasteiger partial charge >= 0.3 is 5.88 Å². The molecule has 0 fully saturated rings. The first-order chi connectivity index (χ1) is 14.1. The molecular weight excluding hydrogens is 374 g/mol. The number of hydrogen-bond acceptors (Lipinski definition) is 6. The SMILES string of the molecule is O=C(NNc1ccccc1)c1cn(-c2ccccc2)nc1-c1ccc([N+](=O)[O-])o1. The summed E-state index contributed by atoms with van der Waals surface area (Å²) in [6.45, 7) is 0. The number of nitro groups is 1. The van der Waals surface area contributed by atoms with Crippen LogP contribution in [0.3, 0.4) is 0 Å². The lowest BCUT2D eigenvalue weighted by molar-refractivity contribution is -0.401. The summed E-state index contributed by atoms with van der Waals surface area (Å²) in [4.78, 5) is 23.1. The van der Waals surface area contributed by atoms with Crippen molar-refractivity contribution in [3.8, 4) is 17.1 Å². The number of hydrazine groups is 1. The summed E-state index contributed by atoms with van der Waals surface area (Å²) in [5.74, 6) is -0.774. The maximum Gasteiger partial charge on any atom is 0.433 e. The van der Waals surface area contributed by atoms with Gasteiger partial charge in [-0.25, -0.2) is 4.68 Å². The zero-order valence-corrected chi connectivity index (χ0v) is 15.0. The van der Waals surface area contributed by atoms with Gasteiger partial charge in [0.15, 0.2) is 5.76 Å². The molecule has 4 aromatic rings. The minimum absolute atomic E-state index is 0.122. The van der Waals surface area contributed by atoms with Crippen LogP contribution in [0.25, 0.3) is 17.1 Å². The molecule has 0 atom stereocenters. The zero-order chi connectivity index (χ0) is 20.2. The van der Waals surface area contributed by atoms with Gasteiger partial charge in [-0.1, -0.05) is 36.4 Å².